The molecule has 0 saturated carbocycles. The highest BCUT2D eigenvalue weighted by Crippen LogP contribution is 2.29. The van der Waals surface area contributed by atoms with Gasteiger partial charge in [0.2, 0.25) is 0 Å². The van der Waals surface area contributed by atoms with E-state index >= 15 is 0 Å². The Morgan fingerprint density at radius 2 is 1.62 bits per heavy atom. The van der Waals surface area contributed by atoms with Crippen molar-refractivity contribution < 1.29 is 4.79 Å². The topological polar surface area (TPSA) is 32.3 Å². The fourth-order valence-corrected chi connectivity index (χ4v) is 4.82. The van der Waals surface area contributed by atoms with Crippen molar-refractivity contribution in [3.8, 4) is 0 Å². The minimum Gasteiger partial charge on any atom is -0.348 e. The zero-order valence-corrected chi connectivity index (χ0v) is 16.2. The maximum Gasteiger partial charge on any atom is 0.251 e. The van der Waals surface area contributed by atoms with Crippen molar-refractivity contribution in [2.45, 2.75) is 35.1 Å². The summed E-state index contributed by atoms with van der Waals surface area (Å²) in [6.45, 7) is 3.37. The van der Waals surface area contributed by atoms with E-state index < -0.39 is 0 Å². The van der Waals surface area contributed by atoms with Gasteiger partial charge < -0.3 is 10.2 Å². The zero-order chi connectivity index (χ0) is 17.9. The molecule has 3 heterocycles. The summed E-state index contributed by atoms with van der Waals surface area (Å²) in [6, 6.07) is 15.9. The Kier molecular flexibility index (Phi) is 5.53. The molecule has 5 heteroatoms. The van der Waals surface area contributed by atoms with E-state index in [0.29, 0.717) is 0 Å². The second kappa shape index (κ2) is 8.03. The number of fused-ring (bicyclic) bond motifs is 4. The van der Waals surface area contributed by atoms with Crippen molar-refractivity contribution >= 4 is 29.3 Å². The van der Waals surface area contributed by atoms with E-state index in [4.69, 9.17) is 11.6 Å². The normalized spacial score (nSPS) is 24.9. The van der Waals surface area contributed by atoms with Crippen LogP contribution in [0.15, 0.2) is 58.3 Å². The molecule has 2 aromatic rings. The quantitative estimate of drug-likeness (QED) is 0.826. The maximum absolute atomic E-state index is 12.6. The van der Waals surface area contributed by atoms with Crippen molar-refractivity contribution in [1.29, 1.82) is 0 Å². The molecule has 3 fully saturated rings. The molecule has 0 aliphatic carbocycles. The molecule has 1 unspecified atom stereocenters. The maximum atomic E-state index is 12.6. The zero-order valence-electron chi connectivity index (χ0n) is 14.7. The molecule has 0 radical (unpaired) electrons. The largest absolute Gasteiger partial charge is 0.348 e. The number of halogens is 1. The van der Waals surface area contributed by atoms with Crippen LogP contribution in [0.3, 0.4) is 0 Å². The van der Waals surface area contributed by atoms with Gasteiger partial charge in [-0.2, -0.15) is 0 Å². The van der Waals surface area contributed by atoms with Gasteiger partial charge in [0.25, 0.3) is 5.91 Å². The standard InChI is InChI=1S/C21H23ClN2OS/c22-17-3-7-20(8-4-17)26-19-5-1-16(2-6-19)21(25)23-18-13-15-9-11-24(14-18)12-10-15/h1-8,15,18H,9-14H2,(H,23,25). The first-order valence-corrected chi connectivity index (χ1v) is 10.4. The van der Waals surface area contributed by atoms with Gasteiger partial charge in [0.05, 0.1) is 0 Å². The van der Waals surface area contributed by atoms with Crippen LogP contribution in [0.25, 0.3) is 0 Å². The first-order chi connectivity index (χ1) is 12.7. The van der Waals surface area contributed by atoms with Gasteiger partial charge in [-0.25, -0.2) is 0 Å². The highest BCUT2D eigenvalue weighted by atomic mass is 35.5. The van der Waals surface area contributed by atoms with Crippen molar-refractivity contribution in [3.63, 3.8) is 0 Å². The highest BCUT2D eigenvalue weighted by Gasteiger charge is 2.29. The molecule has 136 valence electrons. The van der Waals surface area contributed by atoms with Crippen LogP contribution in [0.4, 0.5) is 0 Å². The van der Waals surface area contributed by atoms with Gasteiger partial charge in [0.15, 0.2) is 0 Å². The van der Waals surface area contributed by atoms with E-state index in [0.717, 1.165) is 39.3 Å². The summed E-state index contributed by atoms with van der Waals surface area (Å²) in [7, 11) is 0. The number of hydrogen-bond donors (Lipinski definition) is 1. The number of carbonyl (C=O) groups is 1. The van der Waals surface area contributed by atoms with Crippen LogP contribution in [0, 0.1) is 5.92 Å². The van der Waals surface area contributed by atoms with Gasteiger partial charge in [0.1, 0.15) is 0 Å². The molecule has 3 nitrogen and oxygen atoms in total. The molecule has 0 spiro atoms. The van der Waals surface area contributed by atoms with Crippen LogP contribution < -0.4 is 5.32 Å². The van der Waals surface area contributed by atoms with E-state index in [-0.39, 0.29) is 11.9 Å². The molecule has 1 amide bonds. The fourth-order valence-electron chi connectivity index (χ4n) is 3.88. The van der Waals surface area contributed by atoms with Crippen LogP contribution in [-0.2, 0) is 0 Å². The number of amides is 1. The first kappa shape index (κ1) is 17.9. The van der Waals surface area contributed by atoms with E-state index in [1.165, 1.54) is 25.9 Å². The summed E-state index contributed by atoms with van der Waals surface area (Å²) in [5.74, 6) is 0.817. The van der Waals surface area contributed by atoms with Gasteiger partial charge in [-0.1, -0.05) is 23.4 Å². The molecule has 2 bridgehead atoms. The smallest absolute Gasteiger partial charge is 0.251 e. The monoisotopic (exact) mass is 386 g/mol. The van der Waals surface area contributed by atoms with Crippen LogP contribution in [0.1, 0.15) is 29.6 Å². The van der Waals surface area contributed by atoms with E-state index in [1.807, 2.05) is 48.5 Å². The van der Waals surface area contributed by atoms with Crippen LogP contribution in [0.5, 0.6) is 0 Å². The lowest BCUT2D eigenvalue weighted by atomic mass is 9.94. The summed E-state index contributed by atoms with van der Waals surface area (Å²) >= 11 is 7.59. The number of carbonyl (C=O) groups excluding carboxylic acids is 1. The van der Waals surface area contributed by atoms with Crippen molar-refractivity contribution in [1.82, 2.24) is 10.2 Å². The lowest BCUT2D eigenvalue weighted by Gasteiger charge is -2.26. The first-order valence-electron chi connectivity index (χ1n) is 9.22. The molecule has 0 aromatic heterocycles. The second-order valence-electron chi connectivity index (χ2n) is 7.23. The Hall–Kier alpha value is -1.49. The van der Waals surface area contributed by atoms with Crippen LogP contribution in [0.2, 0.25) is 5.02 Å². The molecular formula is C21H23ClN2OS. The number of hydrogen-bond acceptors (Lipinski definition) is 3. The van der Waals surface area contributed by atoms with Gasteiger partial charge >= 0.3 is 0 Å². The molecule has 26 heavy (non-hydrogen) atoms. The number of nitrogens with one attached hydrogen (secondary N) is 1. The van der Waals surface area contributed by atoms with Crippen molar-refractivity contribution in [3.05, 3.63) is 59.1 Å². The molecule has 1 atom stereocenters. The van der Waals surface area contributed by atoms with Crippen molar-refractivity contribution in [2.75, 3.05) is 19.6 Å². The Balaban J connectivity index is 1.37. The molecule has 3 saturated heterocycles. The van der Waals surface area contributed by atoms with Crippen molar-refractivity contribution in [2.24, 2.45) is 5.92 Å². The van der Waals surface area contributed by atoms with Crippen LogP contribution in [-0.4, -0.2) is 36.5 Å². The third kappa shape index (κ3) is 4.43. The Bertz CT molecular complexity index is 741. The summed E-state index contributed by atoms with van der Waals surface area (Å²) < 4.78 is 0. The number of rotatable bonds is 4. The molecule has 1 N–H and O–H groups in total. The number of nitrogens with zero attached hydrogens (tertiary/aromatic N) is 1. The van der Waals surface area contributed by atoms with Gasteiger partial charge in [-0.05, 0) is 86.8 Å². The molecule has 3 aliphatic rings. The summed E-state index contributed by atoms with van der Waals surface area (Å²) in [4.78, 5) is 17.3. The average Bonchev–Trinajstić information content (AvgIpc) is 2.96. The van der Waals surface area contributed by atoms with E-state index in [9.17, 15) is 4.79 Å². The molecule has 2 aromatic carbocycles. The van der Waals surface area contributed by atoms with E-state index in [1.54, 1.807) is 11.8 Å². The number of piperidine rings is 1. The van der Waals surface area contributed by atoms with Crippen LogP contribution >= 0.6 is 23.4 Å². The summed E-state index contributed by atoms with van der Waals surface area (Å²) in [6.07, 6.45) is 3.68. The number of benzene rings is 2. The van der Waals surface area contributed by atoms with Gasteiger partial charge in [-0.15, -0.1) is 0 Å². The highest BCUT2D eigenvalue weighted by molar-refractivity contribution is 7.99. The predicted molar refractivity (Wildman–Crippen MR) is 107 cm³/mol. The lowest BCUT2D eigenvalue weighted by molar-refractivity contribution is 0.0928. The van der Waals surface area contributed by atoms with E-state index in [2.05, 4.69) is 10.2 Å². The molecule has 3 aliphatic heterocycles. The Morgan fingerprint density at radius 1 is 1.00 bits per heavy atom. The SMILES string of the molecule is O=C(NC1CC2CCN(CC2)C1)c1ccc(Sc2ccc(Cl)cc2)cc1. The third-order valence-electron chi connectivity index (χ3n) is 5.30. The molecule has 5 rings (SSSR count). The third-order valence-corrected chi connectivity index (χ3v) is 6.57. The Morgan fingerprint density at radius 3 is 2.27 bits per heavy atom. The van der Waals surface area contributed by atoms with Gasteiger partial charge in [-0.3, -0.25) is 4.79 Å². The minimum atomic E-state index is 0.0422. The second-order valence-corrected chi connectivity index (χ2v) is 8.81. The average molecular weight is 387 g/mol. The summed E-state index contributed by atoms with van der Waals surface area (Å²) in [5, 5.41) is 3.99. The lowest BCUT2D eigenvalue weighted by Crippen LogP contribution is -2.41. The Labute approximate surface area is 164 Å². The molecular weight excluding hydrogens is 364 g/mol. The van der Waals surface area contributed by atoms with Gasteiger partial charge in [0, 0.05) is 33.0 Å². The minimum absolute atomic E-state index is 0.0422. The predicted octanol–water partition coefficient (Wildman–Crippen LogP) is 4.71. The summed E-state index contributed by atoms with van der Waals surface area (Å²) in [5.41, 5.74) is 0.733. The fraction of sp³-hybridized carbons (Fsp3) is 0.381.